The molecule has 0 spiro atoms. The van der Waals surface area contributed by atoms with Crippen molar-refractivity contribution in [1.82, 2.24) is 4.98 Å². The van der Waals surface area contributed by atoms with E-state index in [1.54, 1.807) is 0 Å². The van der Waals surface area contributed by atoms with Crippen LogP contribution >= 0.6 is 15.9 Å². The minimum Gasteiger partial charge on any atom is -0.397 e. The molecule has 0 aliphatic carbocycles. The van der Waals surface area contributed by atoms with Gasteiger partial charge in [0.25, 0.3) is 10.0 Å². The minimum atomic E-state index is -3.82. The summed E-state index contributed by atoms with van der Waals surface area (Å²) in [5.74, 6) is 0.126. The van der Waals surface area contributed by atoms with Crippen LogP contribution in [0.1, 0.15) is 5.56 Å². The first-order chi connectivity index (χ1) is 9.42. The number of aromatic nitrogens is 1. The number of anilines is 2. The lowest BCUT2D eigenvalue weighted by atomic mass is 10.2. The van der Waals surface area contributed by atoms with Crippen LogP contribution in [0.25, 0.3) is 0 Å². The molecule has 6 nitrogen and oxygen atoms in total. The van der Waals surface area contributed by atoms with E-state index in [0.717, 1.165) is 0 Å². The number of sulfonamides is 1. The van der Waals surface area contributed by atoms with Gasteiger partial charge in [-0.15, -0.1) is 0 Å². The predicted molar refractivity (Wildman–Crippen MR) is 78.3 cm³/mol. The third kappa shape index (κ3) is 3.07. The van der Waals surface area contributed by atoms with Crippen molar-refractivity contribution in [3.8, 4) is 6.07 Å². The van der Waals surface area contributed by atoms with Gasteiger partial charge in [0, 0.05) is 0 Å². The molecule has 20 heavy (non-hydrogen) atoms. The van der Waals surface area contributed by atoms with E-state index in [1.165, 1.54) is 36.5 Å². The van der Waals surface area contributed by atoms with Crippen LogP contribution < -0.4 is 10.5 Å². The molecule has 0 fully saturated rings. The van der Waals surface area contributed by atoms with Crippen molar-refractivity contribution < 1.29 is 8.42 Å². The maximum absolute atomic E-state index is 12.2. The quantitative estimate of drug-likeness (QED) is 0.878. The van der Waals surface area contributed by atoms with Crippen LogP contribution in [0.3, 0.4) is 0 Å². The Balaban J connectivity index is 2.38. The van der Waals surface area contributed by atoms with E-state index in [0.29, 0.717) is 10.2 Å². The van der Waals surface area contributed by atoms with Crippen LogP contribution in [0.4, 0.5) is 11.5 Å². The Bertz CT molecular complexity index is 799. The average Bonchev–Trinajstić information content (AvgIpc) is 2.42. The molecule has 1 aromatic heterocycles. The van der Waals surface area contributed by atoms with Gasteiger partial charge < -0.3 is 5.73 Å². The summed E-state index contributed by atoms with van der Waals surface area (Å²) in [5, 5.41) is 8.79. The monoisotopic (exact) mass is 352 g/mol. The Hall–Kier alpha value is -2.11. The summed E-state index contributed by atoms with van der Waals surface area (Å²) in [6, 6.07) is 9.13. The van der Waals surface area contributed by atoms with E-state index in [2.05, 4.69) is 25.6 Å². The fraction of sp³-hybridized carbons (Fsp3) is 0. The van der Waals surface area contributed by atoms with Gasteiger partial charge in [0.15, 0.2) is 5.82 Å². The number of nitriles is 1. The maximum Gasteiger partial charge on any atom is 0.263 e. The Labute approximate surface area is 124 Å². The lowest BCUT2D eigenvalue weighted by molar-refractivity contribution is 0.601. The van der Waals surface area contributed by atoms with Gasteiger partial charge in [0.05, 0.1) is 32.9 Å². The second kappa shape index (κ2) is 5.48. The number of pyridine rings is 1. The van der Waals surface area contributed by atoms with Gasteiger partial charge in [-0.25, -0.2) is 13.4 Å². The van der Waals surface area contributed by atoms with Crippen LogP contribution in [-0.2, 0) is 10.0 Å². The molecule has 102 valence electrons. The highest BCUT2D eigenvalue weighted by molar-refractivity contribution is 9.10. The Morgan fingerprint density at radius 1 is 1.35 bits per heavy atom. The summed E-state index contributed by atoms with van der Waals surface area (Å²) < 4.78 is 27.1. The Kier molecular flexibility index (Phi) is 3.92. The first kappa shape index (κ1) is 14.3. The zero-order valence-electron chi connectivity index (χ0n) is 10.0. The van der Waals surface area contributed by atoms with Gasteiger partial charge in [-0.3, -0.25) is 4.72 Å². The summed E-state index contributed by atoms with van der Waals surface area (Å²) in [6.45, 7) is 0. The molecule has 3 N–H and O–H groups in total. The van der Waals surface area contributed by atoms with E-state index >= 15 is 0 Å². The summed E-state index contributed by atoms with van der Waals surface area (Å²) in [5.41, 5.74) is 6.20. The van der Waals surface area contributed by atoms with Gasteiger partial charge >= 0.3 is 0 Å². The molecule has 1 aromatic carbocycles. The van der Waals surface area contributed by atoms with Gasteiger partial charge in [-0.05, 0) is 40.2 Å². The molecule has 0 atom stereocenters. The molecular weight excluding hydrogens is 344 g/mol. The van der Waals surface area contributed by atoms with Gasteiger partial charge in [-0.1, -0.05) is 6.07 Å². The molecule has 2 aromatic rings. The summed E-state index contributed by atoms with van der Waals surface area (Å²) in [6.07, 6.45) is 1.34. The van der Waals surface area contributed by atoms with Crippen LogP contribution in [0.5, 0.6) is 0 Å². The fourth-order valence-electron chi connectivity index (χ4n) is 1.45. The second-order valence-corrected chi connectivity index (χ2v) is 6.38. The molecule has 0 aliphatic heterocycles. The molecule has 0 amide bonds. The topological polar surface area (TPSA) is 109 Å². The molecule has 0 bridgehead atoms. The summed E-state index contributed by atoms with van der Waals surface area (Å²) in [7, 11) is -3.82. The lowest BCUT2D eigenvalue weighted by Crippen LogP contribution is -2.14. The molecule has 2 rings (SSSR count). The Morgan fingerprint density at radius 2 is 2.10 bits per heavy atom. The van der Waals surface area contributed by atoms with Crippen molar-refractivity contribution in [2.45, 2.75) is 4.90 Å². The number of benzene rings is 1. The van der Waals surface area contributed by atoms with Crippen molar-refractivity contribution in [3.63, 3.8) is 0 Å². The zero-order chi connectivity index (χ0) is 14.8. The van der Waals surface area contributed by atoms with Gasteiger partial charge in [0.1, 0.15) is 0 Å². The van der Waals surface area contributed by atoms with E-state index in [4.69, 9.17) is 11.0 Å². The van der Waals surface area contributed by atoms with Crippen LogP contribution in [0.2, 0.25) is 0 Å². The van der Waals surface area contributed by atoms with Crippen molar-refractivity contribution in [3.05, 3.63) is 46.6 Å². The first-order valence-corrected chi connectivity index (χ1v) is 7.64. The molecule has 8 heteroatoms. The lowest BCUT2D eigenvalue weighted by Gasteiger charge is -2.09. The van der Waals surface area contributed by atoms with E-state index < -0.39 is 10.0 Å². The first-order valence-electron chi connectivity index (χ1n) is 5.36. The summed E-state index contributed by atoms with van der Waals surface area (Å²) in [4.78, 5) is 3.89. The maximum atomic E-state index is 12.2. The normalized spacial score (nSPS) is 10.8. The molecule has 0 radical (unpaired) electrons. The summed E-state index contributed by atoms with van der Waals surface area (Å²) >= 11 is 3.18. The van der Waals surface area contributed by atoms with Gasteiger partial charge in [0.2, 0.25) is 0 Å². The number of nitrogen functional groups attached to an aromatic ring is 1. The number of hydrogen-bond acceptors (Lipinski definition) is 5. The fourth-order valence-corrected chi connectivity index (χ4v) is 3.12. The number of rotatable bonds is 3. The van der Waals surface area contributed by atoms with Crippen molar-refractivity contribution in [2.75, 3.05) is 10.5 Å². The van der Waals surface area contributed by atoms with E-state index in [1.807, 2.05) is 6.07 Å². The molecular formula is C12H9BrN4O2S. The largest absolute Gasteiger partial charge is 0.397 e. The molecule has 0 saturated carbocycles. The van der Waals surface area contributed by atoms with Crippen molar-refractivity contribution in [1.29, 1.82) is 5.26 Å². The van der Waals surface area contributed by atoms with Crippen molar-refractivity contribution >= 4 is 37.5 Å². The van der Waals surface area contributed by atoms with E-state index in [9.17, 15) is 8.42 Å². The highest BCUT2D eigenvalue weighted by Crippen LogP contribution is 2.24. The SMILES string of the molecule is N#Cc1cccc(S(=O)(=O)Nc2ncc(N)cc2Br)c1. The van der Waals surface area contributed by atoms with Crippen LogP contribution in [-0.4, -0.2) is 13.4 Å². The van der Waals surface area contributed by atoms with Crippen molar-refractivity contribution in [2.24, 2.45) is 0 Å². The standard InChI is InChI=1S/C12H9BrN4O2S/c13-11-5-9(15)7-16-12(11)17-20(18,19)10-3-1-2-8(4-10)6-14/h1-5,7H,15H2,(H,16,17). The van der Waals surface area contributed by atoms with Gasteiger partial charge in [-0.2, -0.15) is 5.26 Å². The number of halogens is 1. The highest BCUT2D eigenvalue weighted by atomic mass is 79.9. The molecule has 0 unspecified atom stereocenters. The molecule has 0 saturated heterocycles. The number of nitrogens with two attached hydrogens (primary N) is 1. The number of nitrogens with zero attached hydrogens (tertiary/aromatic N) is 2. The third-order valence-electron chi connectivity index (χ3n) is 2.37. The molecule has 1 heterocycles. The zero-order valence-corrected chi connectivity index (χ0v) is 12.4. The highest BCUT2D eigenvalue weighted by Gasteiger charge is 2.17. The van der Waals surface area contributed by atoms with Crippen LogP contribution in [0.15, 0.2) is 45.9 Å². The Morgan fingerprint density at radius 3 is 2.75 bits per heavy atom. The minimum absolute atomic E-state index is 0.0120. The second-order valence-electron chi connectivity index (χ2n) is 3.84. The van der Waals surface area contributed by atoms with E-state index in [-0.39, 0.29) is 16.3 Å². The van der Waals surface area contributed by atoms with Crippen LogP contribution in [0, 0.1) is 11.3 Å². The predicted octanol–water partition coefficient (Wildman–Crippen LogP) is 2.10. The number of nitrogens with one attached hydrogen (secondary N) is 1. The average molecular weight is 353 g/mol. The third-order valence-corrected chi connectivity index (χ3v) is 4.31. The molecule has 0 aliphatic rings. The number of hydrogen-bond donors (Lipinski definition) is 2. The smallest absolute Gasteiger partial charge is 0.263 e.